The van der Waals surface area contributed by atoms with Gasteiger partial charge in [0.1, 0.15) is 17.2 Å². The molecular weight excluding hydrogens is 328 g/mol. The number of methoxy groups -OCH3 is 3. The number of ether oxygens (including phenoxy) is 3. The van der Waals surface area contributed by atoms with Crippen LogP contribution in [0.5, 0.6) is 17.2 Å². The van der Waals surface area contributed by atoms with Crippen LogP contribution in [0.25, 0.3) is 22.0 Å². The van der Waals surface area contributed by atoms with Crippen LogP contribution in [0, 0.1) is 0 Å². The summed E-state index contributed by atoms with van der Waals surface area (Å²) in [7, 11) is 9.00. The zero-order chi connectivity index (χ0) is 18.7. The Morgan fingerprint density at radius 1 is 0.885 bits per heavy atom. The standard InChI is InChI=1S/C21H24N2O3/c1-23(2)13-14-10-17(16-8-6-7-9-18(16)22-14)21-19(25-4)11-15(24-3)12-20(21)26-5/h6-12H,13H2,1-5H3. The number of rotatable bonds is 6. The molecule has 0 amide bonds. The molecule has 136 valence electrons. The molecule has 0 spiro atoms. The fourth-order valence-corrected chi connectivity index (χ4v) is 3.11. The Morgan fingerprint density at radius 2 is 1.54 bits per heavy atom. The van der Waals surface area contributed by atoms with Crippen molar-refractivity contribution in [1.82, 2.24) is 9.88 Å². The lowest BCUT2D eigenvalue weighted by molar-refractivity contribution is 0.377. The summed E-state index contributed by atoms with van der Waals surface area (Å²) in [4.78, 5) is 6.90. The van der Waals surface area contributed by atoms with Crippen molar-refractivity contribution in [2.24, 2.45) is 0 Å². The summed E-state index contributed by atoms with van der Waals surface area (Å²) in [5.74, 6) is 2.09. The molecule has 5 nitrogen and oxygen atoms in total. The molecule has 0 atom stereocenters. The van der Waals surface area contributed by atoms with Crippen molar-refractivity contribution in [3.63, 3.8) is 0 Å². The lowest BCUT2D eigenvalue weighted by Crippen LogP contribution is -2.12. The zero-order valence-electron chi connectivity index (χ0n) is 15.9. The highest BCUT2D eigenvalue weighted by Gasteiger charge is 2.19. The average Bonchev–Trinajstić information content (AvgIpc) is 2.65. The van der Waals surface area contributed by atoms with Crippen LogP contribution in [-0.2, 0) is 6.54 Å². The van der Waals surface area contributed by atoms with Gasteiger partial charge < -0.3 is 19.1 Å². The molecule has 0 fully saturated rings. The van der Waals surface area contributed by atoms with Crippen LogP contribution in [0.1, 0.15) is 5.69 Å². The largest absolute Gasteiger partial charge is 0.496 e. The van der Waals surface area contributed by atoms with Gasteiger partial charge in [0, 0.05) is 29.6 Å². The summed E-state index contributed by atoms with van der Waals surface area (Å²) in [6.07, 6.45) is 0. The Hall–Kier alpha value is -2.79. The summed E-state index contributed by atoms with van der Waals surface area (Å²) in [6.45, 7) is 0.749. The molecule has 5 heteroatoms. The third-order valence-electron chi connectivity index (χ3n) is 4.23. The van der Waals surface area contributed by atoms with E-state index in [1.54, 1.807) is 21.3 Å². The zero-order valence-corrected chi connectivity index (χ0v) is 15.9. The van der Waals surface area contributed by atoms with Crippen LogP contribution >= 0.6 is 0 Å². The van der Waals surface area contributed by atoms with Crippen molar-refractivity contribution in [1.29, 1.82) is 0 Å². The minimum Gasteiger partial charge on any atom is -0.496 e. The van der Waals surface area contributed by atoms with Gasteiger partial charge in [-0.15, -0.1) is 0 Å². The molecule has 3 aromatic rings. The van der Waals surface area contributed by atoms with Crippen LogP contribution in [0.4, 0.5) is 0 Å². The van der Waals surface area contributed by atoms with Crippen molar-refractivity contribution < 1.29 is 14.2 Å². The number of fused-ring (bicyclic) bond motifs is 1. The molecule has 0 aliphatic carbocycles. The van der Waals surface area contributed by atoms with E-state index in [0.29, 0.717) is 17.2 Å². The SMILES string of the molecule is COc1cc(OC)c(-c2cc(CN(C)C)nc3ccccc23)c(OC)c1. The number of benzene rings is 2. The van der Waals surface area contributed by atoms with Crippen molar-refractivity contribution in [3.8, 4) is 28.4 Å². The second-order valence-corrected chi connectivity index (χ2v) is 6.32. The molecule has 0 aliphatic rings. The Bertz CT molecular complexity index is 897. The number of hydrogen-bond donors (Lipinski definition) is 0. The fourth-order valence-electron chi connectivity index (χ4n) is 3.11. The Labute approximate surface area is 154 Å². The highest BCUT2D eigenvalue weighted by Crippen LogP contribution is 2.44. The predicted molar refractivity (Wildman–Crippen MR) is 104 cm³/mol. The maximum absolute atomic E-state index is 5.66. The van der Waals surface area contributed by atoms with Gasteiger partial charge in [-0.3, -0.25) is 4.98 Å². The van der Waals surface area contributed by atoms with Crippen LogP contribution in [0.15, 0.2) is 42.5 Å². The fraction of sp³-hybridized carbons (Fsp3) is 0.286. The van der Waals surface area contributed by atoms with E-state index in [1.807, 2.05) is 44.4 Å². The minimum atomic E-state index is 0.689. The summed E-state index contributed by atoms with van der Waals surface area (Å²) >= 11 is 0. The summed E-state index contributed by atoms with van der Waals surface area (Å²) in [6, 6.07) is 14.0. The molecule has 0 aliphatic heterocycles. The molecule has 0 saturated carbocycles. The van der Waals surface area contributed by atoms with Gasteiger partial charge in [0.25, 0.3) is 0 Å². The van der Waals surface area contributed by atoms with E-state index in [2.05, 4.69) is 17.0 Å². The summed E-state index contributed by atoms with van der Waals surface area (Å²) in [5, 5.41) is 1.05. The quantitative estimate of drug-likeness (QED) is 0.671. The van der Waals surface area contributed by atoms with E-state index < -0.39 is 0 Å². The van der Waals surface area contributed by atoms with Gasteiger partial charge in [0.15, 0.2) is 0 Å². The van der Waals surface area contributed by atoms with Crippen LogP contribution in [-0.4, -0.2) is 45.3 Å². The second-order valence-electron chi connectivity index (χ2n) is 6.32. The highest BCUT2D eigenvalue weighted by molar-refractivity contribution is 5.98. The molecule has 0 bridgehead atoms. The van der Waals surface area contributed by atoms with E-state index in [4.69, 9.17) is 19.2 Å². The van der Waals surface area contributed by atoms with E-state index in [0.717, 1.165) is 34.3 Å². The van der Waals surface area contributed by atoms with Crippen LogP contribution in [0.3, 0.4) is 0 Å². The molecule has 1 aromatic heterocycles. The van der Waals surface area contributed by atoms with Gasteiger partial charge in [-0.2, -0.15) is 0 Å². The molecule has 0 unspecified atom stereocenters. The Balaban J connectivity index is 2.33. The molecule has 26 heavy (non-hydrogen) atoms. The topological polar surface area (TPSA) is 43.8 Å². The van der Waals surface area contributed by atoms with E-state index in [-0.39, 0.29) is 0 Å². The molecule has 0 N–H and O–H groups in total. The summed E-state index contributed by atoms with van der Waals surface area (Å²) < 4.78 is 16.7. The van der Waals surface area contributed by atoms with Crippen molar-refractivity contribution in [2.45, 2.75) is 6.54 Å². The van der Waals surface area contributed by atoms with E-state index in [1.165, 1.54) is 0 Å². The lowest BCUT2D eigenvalue weighted by atomic mass is 9.97. The van der Waals surface area contributed by atoms with Crippen molar-refractivity contribution in [2.75, 3.05) is 35.4 Å². The van der Waals surface area contributed by atoms with E-state index in [9.17, 15) is 0 Å². The normalized spacial score (nSPS) is 11.0. The van der Waals surface area contributed by atoms with Gasteiger partial charge >= 0.3 is 0 Å². The number of pyridine rings is 1. The number of aromatic nitrogens is 1. The first-order chi connectivity index (χ1) is 12.6. The number of hydrogen-bond acceptors (Lipinski definition) is 5. The Morgan fingerprint density at radius 3 is 2.12 bits per heavy atom. The average molecular weight is 352 g/mol. The van der Waals surface area contributed by atoms with Crippen LogP contribution < -0.4 is 14.2 Å². The maximum Gasteiger partial charge on any atom is 0.134 e. The molecule has 1 heterocycles. The molecule has 0 radical (unpaired) electrons. The van der Waals surface area contributed by atoms with Gasteiger partial charge in [-0.1, -0.05) is 18.2 Å². The van der Waals surface area contributed by atoms with Crippen molar-refractivity contribution >= 4 is 10.9 Å². The van der Waals surface area contributed by atoms with Gasteiger partial charge in [0.05, 0.1) is 38.1 Å². The number of nitrogens with zero attached hydrogens (tertiary/aromatic N) is 2. The smallest absolute Gasteiger partial charge is 0.134 e. The molecular formula is C21H24N2O3. The maximum atomic E-state index is 5.66. The number of para-hydroxylation sites is 1. The van der Waals surface area contributed by atoms with Gasteiger partial charge in [0.2, 0.25) is 0 Å². The molecule has 3 rings (SSSR count). The Kier molecular flexibility index (Phi) is 5.28. The molecule has 2 aromatic carbocycles. The first-order valence-electron chi connectivity index (χ1n) is 8.41. The monoisotopic (exact) mass is 352 g/mol. The second kappa shape index (κ2) is 7.62. The highest BCUT2D eigenvalue weighted by atomic mass is 16.5. The predicted octanol–water partition coefficient (Wildman–Crippen LogP) is 3.99. The van der Waals surface area contributed by atoms with Crippen LogP contribution in [0.2, 0.25) is 0 Å². The lowest BCUT2D eigenvalue weighted by Gasteiger charge is -2.18. The van der Waals surface area contributed by atoms with Crippen molar-refractivity contribution in [3.05, 3.63) is 48.2 Å². The minimum absolute atomic E-state index is 0.689. The molecule has 0 saturated heterocycles. The third kappa shape index (κ3) is 3.44. The van der Waals surface area contributed by atoms with Gasteiger partial charge in [-0.25, -0.2) is 0 Å². The van der Waals surface area contributed by atoms with E-state index >= 15 is 0 Å². The first-order valence-corrected chi connectivity index (χ1v) is 8.41. The third-order valence-corrected chi connectivity index (χ3v) is 4.23. The van der Waals surface area contributed by atoms with Gasteiger partial charge in [-0.05, 0) is 26.2 Å². The summed E-state index contributed by atoms with van der Waals surface area (Å²) in [5.41, 5.74) is 3.86. The first kappa shape index (κ1) is 18.0.